The minimum absolute atomic E-state index is 0.105. The molecule has 6 heteroatoms. The van der Waals surface area contributed by atoms with Gasteiger partial charge in [0, 0.05) is 5.69 Å². The first-order valence-electron chi connectivity index (χ1n) is 8.27. The first-order chi connectivity index (χ1) is 13.3. The molecule has 0 aliphatic rings. The SMILES string of the molecule is N#Cc1c(C(=O)Nc2ccccc2)nn(-c2ccccc2)c1-c1cccs1. The standard InChI is InChI=1S/C21H14N4OS/c22-14-17-19(21(26)23-15-8-3-1-4-9-15)24-25(16-10-5-2-6-11-16)20(17)18-12-7-13-27-18/h1-13H,(H,23,26). The molecule has 0 saturated heterocycles. The topological polar surface area (TPSA) is 70.7 Å². The summed E-state index contributed by atoms with van der Waals surface area (Å²) in [6, 6.07) is 24.6. The molecule has 0 atom stereocenters. The summed E-state index contributed by atoms with van der Waals surface area (Å²) in [5, 5.41) is 19.0. The largest absolute Gasteiger partial charge is 0.321 e. The van der Waals surface area contributed by atoms with E-state index in [4.69, 9.17) is 0 Å². The van der Waals surface area contributed by atoms with Gasteiger partial charge in [-0.3, -0.25) is 4.79 Å². The Morgan fingerprint density at radius 2 is 1.70 bits per heavy atom. The molecule has 2 heterocycles. The van der Waals surface area contributed by atoms with E-state index in [1.165, 1.54) is 11.3 Å². The summed E-state index contributed by atoms with van der Waals surface area (Å²) < 4.78 is 1.66. The van der Waals surface area contributed by atoms with Gasteiger partial charge in [-0.05, 0) is 35.7 Å². The second-order valence-electron chi connectivity index (χ2n) is 5.73. The molecule has 1 amide bonds. The Morgan fingerprint density at radius 3 is 2.33 bits per heavy atom. The Labute approximate surface area is 160 Å². The van der Waals surface area contributed by atoms with Crippen molar-refractivity contribution in [1.82, 2.24) is 9.78 Å². The van der Waals surface area contributed by atoms with Crippen molar-refractivity contribution >= 4 is 22.9 Å². The Hall–Kier alpha value is -3.69. The number of amides is 1. The maximum atomic E-state index is 12.8. The van der Waals surface area contributed by atoms with Crippen LogP contribution in [0.5, 0.6) is 0 Å². The summed E-state index contributed by atoms with van der Waals surface area (Å²) in [6.07, 6.45) is 0. The number of nitriles is 1. The number of hydrogen-bond donors (Lipinski definition) is 1. The van der Waals surface area contributed by atoms with Gasteiger partial charge in [-0.25, -0.2) is 4.68 Å². The van der Waals surface area contributed by atoms with Crippen LogP contribution in [0.4, 0.5) is 5.69 Å². The zero-order valence-corrected chi connectivity index (χ0v) is 15.0. The lowest BCUT2D eigenvalue weighted by molar-refractivity contribution is 0.102. The molecule has 0 fully saturated rings. The molecule has 27 heavy (non-hydrogen) atoms. The van der Waals surface area contributed by atoms with Gasteiger partial charge in [0.2, 0.25) is 0 Å². The predicted octanol–water partition coefficient (Wildman–Crippen LogP) is 4.72. The fourth-order valence-electron chi connectivity index (χ4n) is 2.79. The van der Waals surface area contributed by atoms with E-state index in [9.17, 15) is 10.1 Å². The van der Waals surface area contributed by atoms with Crippen molar-refractivity contribution in [2.24, 2.45) is 0 Å². The Bertz CT molecular complexity index is 1110. The van der Waals surface area contributed by atoms with E-state index < -0.39 is 5.91 Å². The quantitative estimate of drug-likeness (QED) is 0.565. The van der Waals surface area contributed by atoms with E-state index in [0.29, 0.717) is 11.4 Å². The molecule has 2 aromatic heterocycles. The normalized spacial score (nSPS) is 10.3. The molecule has 4 aromatic rings. The number of nitrogens with one attached hydrogen (secondary N) is 1. The highest BCUT2D eigenvalue weighted by Gasteiger charge is 2.25. The first kappa shape index (κ1) is 16.8. The molecular weight excluding hydrogens is 356 g/mol. The number of anilines is 1. The molecule has 0 bridgehead atoms. The van der Waals surface area contributed by atoms with Gasteiger partial charge in [0.15, 0.2) is 5.69 Å². The van der Waals surface area contributed by atoms with E-state index in [0.717, 1.165) is 10.6 Å². The van der Waals surface area contributed by atoms with E-state index in [1.54, 1.807) is 16.8 Å². The van der Waals surface area contributed by atoms with Crippen molar-refractivity contribution in [1.29, 1.82) is 5.26 Å². The highest BCUT2D eigenvalue weighted by atomic mass is 32.1. The van der Waals surface area contributed by atoms with Crippen LogP contribution in [-0.2, 0) is 0 Å². The van der Waals surface area contributed by atoms with Crippen molar-refractivity contribution in [3.63, 3.8) is 0 Å². The van der Waals surface area contributed by atoms with Crippen LogP contribution in [0, 0.1) is 11.3 Å². The summed E-state index contributed by atoms with van der Waals surface area (Å²) in [7, 11) is 0. The lowest BCUT2D eigenvalue weighted by atomic mass is 10.1. The number of nitrogens with zero attached hydrogens (tertiary/aromatic N) is 3. The lowest BCUT2D eigenvalue weighted by Crippen LogP contribution is -2.14. The highest BCUT2D eigenvalue weighted by molar-refractivity contribution is 7.13. The Morgan fingerprint density at radius 1 is 1.00 bits per heavy atom. The Kier molecular flexibility index (Phi) is 4.52. The zero-order valence-electron chi connectivity index (χ0n) is 14.2. The highest BCUT2D eigenvalue weighted by Crippen LogP contribution is 2.32. The van der Waals surface area contributed by atoms with Crippen molar-refractivity contribution in [2.45, 2.75) is 0 Å². The molecular formula is C21H14N4OS. The molecule has 0 aliphatic carbocycles. The van der Waals surface area contributed by atoms with Gasteiger partial charge in [-0.2, -0.15) is 10.4 Å². The van der Waals surface area contributed by atoms with Gasteiger partial charge in [-0.15, -0.1) is 11.3 Å². The lowest BCUT2D eigenvalue weighted by Gasteiger charge is -2.05. The summed E-state index contributed by atoms with van der Waals surface area (Å²) in [5.41, 5.74) is 2.43. The number of thiophene rings is 1. The smallest absolute Gasteiger partial charge is 0.277 e. The van der Waals surface area contributed by atoms with Crippen LogP contribution in [0.25, 0.3) is 16.3 Å². The molecule has 5 nitrogen and oxygen atoms in total. The zero-order chi connectivity index (χ0) is 18.6. The molecule has 2 aromatic carbocycles. The van der Waals surface area contributed by atoms with E-state index in [-0.39, 0.29) is 11.3 Å². The maximum Gasteiger partial charge on any atom is 0.277 e. The van der Waals surface area contributed by atoms with Crippen LogP contribution < -0.4 is 5.32 Å². The molecule has 4 rings (SSSR count). The third-order valence-corrected chi connectivity index (χ3v) is 4.88. The Balaban J connectivity index is 1.86. The predicted molar refractivity (Wildman–Crippen MR) is 106 cm³/mol. The molecule has 0 spiro atoms. The van der Waals surface area contributed by atoms with Crippen LogP contribution in [0.15, 0.2) is 78.2 Å². The number of para-hydroxylation sites is 2. The number of benzene rings is 2. The number of aromatic nitrogens is 2. The third-order valence-electron chi connectivity index (χ3n) is 4.00. The minimum atomic E-state index is -0.412. The monoisotopic (exact) mass is 370 g/mol. The van der Waals surface area contributed by atoms with Gasteiger partial charge in [-0.1, -0.05) is 42.5 Å². The number of carbonyl (C=O) groups excluding carboxylic acids is 1. The van der Waals surface area contributed by atoms with Crippen molar-refractivity contribution in [2.75, 3.05) is 5.32 Å². The van der Waals surface area contributed by atoms with Crippen molar-refractivity contribution < 1.29 is 4.79 Å². The van der Waals surface area contributed by atoms with Crippen LogP contribution in [0.2, 0.25) is 0 Å². The molecule has 0 aliphatic heterocycles. The first-order valence-corrected chi connectivity index (χ1v) is 9.14. The van der Waals surface area contributed by atoms with Crippen molar-refractivity contribution in [3.8, 4) is 22.3 Å². The number of carbonyl (C=O) groups is 1. The summed E-state index contributed by atoms with van der Waals surface area (Å²) in [4.78, 5) is 13.7. The second kappa shape index (κ2) is 7.28. The maximum absolute atomic E-state index is 12.8. The van der Waals surface area contributed by atoms with Gasteiger partial charge in [0.25, 0.3) is 5.91 Å². The fourth-order valence-corrected chi connectivity index (χ4v) is 3.55. The number of hydrogen-bond acceptors (Lipinski definition) is 4. The third kappa shape index (κ3) is 3.24. The second-order valence-corrected chi connectivity index (χ2v) is 6.68. The molecule has 0 radical (unpaired) electrons. The minimum Gasteiger partial charge on any atom is -0.321 e. The van der Waals surface area contributed by atoms with Gasteiger partial charge in [0.05, 0.1) is 10.6 Å². The van der Waals surface area contributed by atoms with Gasteiger partial charge >= 0.3 is 0 Å². The van der Waals surface area contributed by atoms with E-state index >= 15 is 0 Å². The summed E-state index contributed by atoms with van der Waals surface area (Å²) in [5.74, 6) is -0.412. The number of rotatable bonds is 4. The van der Waals surface area contributed by atoms with Gasteiger partial charge in [0.1, 0.15) is 17.3 Å². The van der Waals surface area contributed by atoms with Gasteiger partial charge < -0.3 is 5.32 Å². The van der Waals surface area contributed by atoms with Crippen LogP contribution in [0.3, 0.4) is 0 Å². The van der Waals surface area contributed by atoms with E-state index in [2.05, 4.69) is 16.5 Å². The molecule has 130 valence electrons. The van der Waals surface area contributed by atoms with Crippen LogP contribution in [0.1, 0.15) is 16.1 Å². The molecule has 1 N–H and O–H groups in total. The average molecular weight is 370 g/mol. The van der Waals surface area contributed by atoms with Crippen molar-refractivity contribution in [3.05, 3.63) is 89.4 Å². The molecule has 0 saturated carbocycles. The van der Waals surface area contributed by atoms with Crippen LogP contribution in [-0.4, -0.2) is 15.7 Å². The fraction of sp³-hybridized carbons (Fsp3) is 0. The van der Waals surface area contributed by atoms with Crippen LogP contribution >= 0.6 is 11.3 Å². The van der Waals surface area contributed by atoms with E-state index in [1.807, 2.05) is 66.0 Å². The molecule has 0 unspecified atom stereocenters. The average Bonchev–Trinajstić information content (AvgIpc) is 3.36. The summed E-state index contributed by atoms with van der Waals surface area (Å²) >= 11 is 1.50. The summed E-state index contributed by atoms with van der Waals surface area (Å²) in [6.45, 7) is 0.